The van der Waals surface area contributed by atoms with Crippen LogP contribution >= 0.6 is 0 Å². The molecule has 1 rings (SSSR count). The zero-order valence-electron chi connectivity index (χ0n) is 5.76. The fourth-order valence-corrected chi connectivity index (χ4v) is 1.46. The van der Waals surface area contributed by atoms with Gasteiger partial charge in [-0.1, -0.05) is 0 Å². The summed E-state index contributed by atoms with van der Waals surface area (Å²) in [5, 5.41) is 0. The minimum absolute atomic E-state index is 0.618. The number of hydrogen-bond donors (Lipinski definition) is 0. The summed E-state index contributed by atoms with van der Waals surface area (Å²) in [5.41, 5.74) is 1.37. The van der Waals surface area contributed by atoms with Gasteiger partial charge in [0, 0.05) is 0 Å². The van der Waals surface area contributed by atoms with Crippen molar-refractivity contribution in [2.24, 2.45) is 5.92 Å². The molecule has 0 aromatic rings. The molecule has 0 spiro atoms. The molecule has 0 aromatic heterocycles. The fraction of sp³-hybridized carbons (Fsp3) is 0.500. The van der Waals surface area contributed by atoms with Gasteiger partial charge in [-0.15, -0.1) is 0 Å². The Morgan fingerprint density at radius 3 is 2.44 bits per heavy atom. The van der Waals surface area contributed by atoms with Crippen molar-refractivity contribution in [3.8, 4) is 0 Å². The minimum atomic E-state index is 0.618. The molecule has 0 aromatic carbocycles. The standard InChI is InChI=1S/C8H11.Ni/c1-7(2)8-5-3-4-6-8;/h3,5,7H,4H2,1-2H3;. The third kappa shape index (κ3) is 1.46. The van der Waals surface area contributed by atoms with Gasteiger partial charge in [0.15, 0.2) is 0 Å². The molecule has 0 heterocycles. The quantitative estimate of drug-likeness (QED) is 0.524. The van der Waals surface area contributed by atoms with E-state index in [2.05, 4.69) is 26.0 Å². The van der Waals surface area contributed by atoms with E-state index in [1.807, 2.05) is 0 Å². The van der Waals surface area contributed by atoms with Crippen LogP contribution < -0.4 is 0 Å². The normalized spacial score (nSPS) is 18.3. The predicted molar refractivity (Wildman–Crippen MR) is 35.6 cm³/mol. The van der Waals surface area contributed by atoms with Gasteiger partial charge < -0.3 is 0 Å². The Morgan fingerprint density at radius 1 is 1.56 bits per heavy atom. The number of allylic oxidation sites excluding steroid dienone is 4. The van der Waals surface area contributed by atoms with Crippen molar-refractivity contribution in [1.29, 1.82) is 0 Å². The monoisotopic (exact) mass is 165 g/mol. The molecule has 0 bridgehead atoms. The first kappa shape index (κ1) is 7.08. The Labute approximate surface area is 64.4 Å². The average molecular weight is 166 g/mol. The van der Waals surface area contributed by atoms with Crippen molar-refractivity contribution in [2.75, 3.05) is 0 Å². The number of rotatable bonds is 1. The zero-order chi connectivity index (χ0) is 6.85. The van der Waals surface area contributed by atoms with E-state index < -0.39 is 0 Å². The molecule has 0 amide bonds. The van der Waals surface area contributed by atoms with E-state index in [0.29, 0.717) is 5.92 Å². The zero-order valence-corrected chi connectivity index (χ0v) is 6.74. The van der Waals surface area contributed by atoms with Crippen LogP contribution in [-0.4, -0.2) is 0 Å². The van der Waals surface area contributed by atoms with E-state index >= 15 is 0 Å². The topological polar surface area (TPSA) is 0 Å². The Balaban J connectivity index is 2.77. The van der Waals surface area contributed by atoms with E-state index in [1.54, 1.807) is 0 Å². The van der Waals surface area contributed by atoms with Crippen LogP contribution in [0.25, 0.3) is 0 Å². The molecule has 0 nitrogen and oxygen atoms in total. The molecule has 1 heteroatoms. The third-order valence-electron chi connectivity index (χ3n) is 1.50. The van der Waals surface area contributed by atoms with Crippen molar-refractivity contribution in [3.05, 3.63) is 22.3 Å². The van der Waals surface area contributed by atoms with E-state index in [0.717, 1.165) is 6.42 Å². The SMILES string of the molecule is CC(C)C1=[C]([Ni])CC=C1. The summed E-state index contributed by atoms with van der Waals surface area (Å²) < 4.78 is 1.17. The second-order valence-electron chi connectivity index (χ2n) is 2.58. The molecule has 0 N–H and O–H groups in total. The van der Waals surface area contributed by atoms with Gasteiger partial charge in [0.2, 0.25) is 0 Å². The van der Waals surface area contributed by atoms with E-state index in [1.165, 1.54) is 10.1 Å². The molecule has 9 heavy (non-hydrogen) atoms. The second kappa shape index (κ2) is 2.70. The summed E-state index contributed by atoms with van der Waals surface area (Å²) in [5.74, 6) is 0.618. The van der Waals surface area contributed by atoms with Crippen LogP contribution in [0.3, 0.4) is 0 Å². The molecule has 1 aliphatic rings. The Hall–Kier alpha value is -0.0265. The van der Waals surface area contributed by atoms with E-state index in [4.69, 9.17) is 15.5 Å². The van der Waals surface area contributed by atoms with Crippen LogP contribution in [0.1, 0.15) is 20.3 Å². The average Bonchev–Trinajstić information content (AvgIpc) is 2.13. The van der Waals surface area contributed by atoms with Crippen molar-refractivity contribution >= 4 is 0 Å². The van der Waals surface area contributed by atoms with E-state index in [-0.39, 0.29) is 0 Å². The molecule has 0 radical (unpaired) electrons. The molecular formula is C8H11Ni. The van der Waals surface area contributed by atoms with Crippen molar-refractivity contribution in [2.45, 2.75) is 20.3 Å². The first-order chi connectivity index (χ1) is 4.22. The molecule has 0 aliphatic heterocycles. The van der Waals surface area contributed by atoms with E-state index in [9.17, 15) is 0 Å². The van der Waals surface area contributed by atoms with Crippen molar-refractivity contribution < 1.29 is 15.5 Å². The first-order valence-corrected chi connectivity index (χ1v) is 3.73. The summed E-state index contributed by atoms with van der Waals surface area (Å²) in [7, 11) is 0. The van der Waals surface area contributed by atoms with Gasteiger partial charge in [0.25, 0.3) is 0 Å². The van der Waals surface area contributed by atoms with Gasteiger partial charge in [-0.3, -0.25) is 0 Å². The van der Waals surface area contributed by atoms with Crippen LogP contribution in [-0.2, 0) is 15.5 Å². The molecule has 0 fully saturated rings. The summed E-state index contributed by atoms with van der Waals surface area (Å²) in [6.07, 6.45) is 5.31. The van der Waals surface area contributed by atoms with Crippen molar-refractivity contribution in [1.82, 2.24) is 0 Å². The van der Waals surface area contributed by atoms with Crippen LogP contribution in [0.4, 0.5) is 0 Å². The maximum absolute atomic E-state index is 4.83. The van der Waals surface area contributed by atoms with Gasteiger partial charge in [-0.2, -0.15) is 0 Å². The van der Waals surface area contributed by atoms with Gasteiger partial charge in [0.1, 0.15) is 0 Å². The summed E-state index contributed by atoms with van der Waals surface area (Å²) in [6, 6.07) is 0. The second-order valence-corrected chi connectivity index (χ2v) is 3.18. The molecule has 1 aliphatic carbocycles. The maximum atomic E-state index is 4.83. The Morgan fingerprint density at radius 2 is 2.22 bits per heavy atom. The van der Waals surface area contributed by atoms with Gasteiger partial charge >= 0.3 is 63.9 Å². The number of hydrogen-bond acceptors (Lipinski definition) is 0. The molecule has 0 unspecified atom stereocenters. The summed E-state index contributed by atoms with van der Waals surface area (Å²) >= 11 is 4.83. The van der Waals surface area contributed by atoms with Gasteiger partial charge in [-0.05, 0) is 0 Å². The van der Waals surface area contributed by atoms with Crippen molar-refractivity contribution in [3.63, 3.8) is 0 Å². The molecule has 0 saturated carbocycles. The summed E-state index contributed by atoms with van der Waals surface area (Å²) in [6.45, 7) is 4.37. The molecule has 0 atom stereocenters. The fourth-order valence-electron chi connectivity index (χ4n) is 0.973. The molecular weight excluding hydrogens is 155 g/mol. The summed E-state index contributed by atoms with van der Waals surface area (Å²) in [4.78, 5) is 0. The Kier molecular flexibility index (Phi) is 2.13. The predicted octanol–water partition coefficient (Wildman–Crippen LogP) is 2.40. The van der Waals surface area contributed by atoms with Crippen LogP contribution in [0.5, 0.6) is 0 Å². The Bertz CT molecular complexity index is 163. The van der Waals surface area contributed by atoms with Crippen LogP contribution in [0, 0.1) is 5.92 Å². The molecule has 0 saturated heterocycles. The molecule has 53 valence electrons. The third-order valence-corrected chi connectivity index (χ3v) is 1.99. The van der Waals surface area contributed by atoms with Gasteiger partial charge in [-0.25, -0.2) is 0 Å². The van der Waals surface area contributed by atoms with Crippen LogP contribution in [0.15, 0.2) is 22.3 Å². The van der Waals surface area contributed by atoms with Gasteiger partial charge in [0.05, 0.1) is 0 Å². The first-order valence-electron chi connectivity index (χ1n) is 3.24. The van der Waals surface area contributed by atoms with Crippen LogP contribution in [0.2, 0.25) is 0 Å².